The number of ether oxygens (including phenoxy) is 2. The summed E-state index contributed by atoms with van der Waals surface area (Å²) in [6.07, 6.45) is -1.02. The lowest BCUT2D eigenvalue weighted by Gasteiger charge is -2.23. The molecule has 0 unspecified atom stereocenters. The van der Waals surface area contributed by atoms with E-state index in [1.54, 1.807) is 38.1 Å². The molecule has 0 saturated carbocycles. The molecule has 2 aromatic rings. The summed E-state index contributed by atoms with van der Waals surface area (Å²) in [6, 6.07) is 6.81. The van der Waals surface area contributed by atoms with E-state index in [-0.39, 0.29) is 17.9 Å². The van der Waals surface area contributed by atoms with Gasteiger partial charge in [0.2, 0.25) is 0 Å². The lowest BCUT2D eigenvalue weighted by Crippen LogP contribution is -2.20. The molecule has 0 aliphatic carbocycles. The second-order valence-corrected chi connectivity index (χ2v) is 6.67. The van der Waals surface area contributed by atoms with Gasteiger partial charge in [0.1, 0.15) is 11.3 Å². The Morgan fingerprint density at radius 1 is 1.18 bits per heavy atom. The van der Waals surface area contributed by atoms with Crippen LogP contribution in [0, 0.1) is 0 Å². The molecule has 0 amide bonds. The molecular weight excluding hydrogens is 371 g/mol. The zero-order valence-corrected chi connectivity index (χ0v) is 16.6. The van der Waals surface area contributed by atoms with Crippen LogP contribution in [0.15, 0.2) is 30.5 Å². The minimum absolute atomic E-state index is 0.100. The smallest absolute Gasteiger partial charge is 0.421 e. The molecule has 0 fully saturated rings. The molecule has 0 radical (unpaired) electrons. The van der Waals surface area contributed by atoms with Gasteiger partial charge in [-0.25, -0.2) is 4.98 Å². The highest BCUT2D eigenvalue weighted by Crippen LogP contribution is 2.38. The van der Waals surface area contributed by atoms with Gasteiger partial charge in [-0.15, -0.1) is 0 Å². The molecule has 1 aromatic carbocycles. The van der Waals surface area contributed by atoms with E-state index in [1.807, 2.05) is 0 Å². The fourth-order valence-corrected chi connectivity index (χ4v) is 2.53. The summed E-state index contributed by atoms with van der Waals surface area (Å²) in [7, 11) is 1.52. The number of unbranched alkanes of at least 4 members (excludes halogenated alkanes) is 2. The molecule has 0 atom stereocenters. The van der Waals surface area contributed by atoms with Crippen LogP contribution < -0.4 is 14.4 Å². The third-order valence-corrected chi connectivity index (χ3v) is 3.93. The molecule has 5 nitrogen and oxygen atoms in total. The molecule has 0 bridgehead atoms. The van der Waals surface area contributed by atoms with Crippen LogP contribution in [-0.4, -0.2) is 29.7 Å². The van der Waals surface area contributed by atoms with Crippen LogP contribution in [0.1, 0.15) is 45.6 Å². The highest BCUT2D eigenvalue weighted by atomic mass is 19.4. The molecule has 154 valence electrons. The molecule has 0 aliphatic heterocycles. The maximum absolute atomic E-state index is 13.5. The number of nitrogens with zero attached hydrogens (tertiary/aromatic N) is 3. The molecule has 0 N–H and O–H groups in total. The molecular formula is C20H26F3N3O2. The monoisotopic (exact) mass is 397 g/mol. The Kier molecular flexibility index (Phi) is 7.48. The van der Waals surface area contributed by atoms with Crippen molar-refractivity contribution in [3.8, 4) is 11.8 Å². The Morgan fingerprint density at radius 2 is 1.93 bits per heavy atom. The van der Waals surface area contributed by atoms with Crippen LogP contribution in [-0.2, 0) is 6.18 Å². The maximum atomic E-state index is 13.5. The van der Waals surface area contributed by atoms with Crippen molar-refractivity contribution in [2.24, 2.45) is 0 Å². The minimum Gasteiger partial charge on any atom is -0.494 e. The van der Waals surface area contributed by atoms with Gasteiger partial charge in [-0.05, 0) is 32.4 Å². The van der Waals surface area contributed by atoms with Crippen LogP contribution in [0.3, 0.4) is 0 Å². The fourth-order valence-electron chi connectivity index (χ4n) is 2.53. The second kappa shape index (κ2) is 9.61. The molecule has 0 saturated heterocycles. The first-order chi connectivity index (χ1) is 13.2. The van der Waals surface area contributed by atoms with Gasteiger partial charge in [0.05, 0.1) is 12.7 Å². The lowest BCUT2D eigenvalue weighted by molar-refractivity contribution is -0.137. The Labute approximate surface area is 163 Å². The van der Waals surface area contributed by atoms with Gasteiger partial charge >= 0.3 is 12.2 Å². The van der Waals surface area contributed by atoms with Crippen molar-refractivity contribution >= 4 is 11.5 Å². The predicted molar refractivity (Wildman–Crippen MR) is 102 cm³/mol. The SMILES string of the molecule is CCCCCOc1cccc(N(C)c2nc(OC(C)C)ncc2C(F)(F)F)c1. The van der Waals surface area contributed by atoms with E-state index in [0.29, 0.717) is 18.0 Å². The first kappa shape index (κ1) is 21.8. The summed E-state index contributed by atoms with van der Waals surface area (Å²) in [6.45, 7) is 6.18. The van der Waals surface area contributed by atoms with Gasteiger partial charge in [-0.2, -0.15) is 18.2 Å². The molecule has 8 heteroatoms. The van der Waals surface area contributed by atoms with E-state index in [2.05, 4.69) is 16.9 Å². The number of rotatable bonds is 9. The molecule has 1 heterocycles. The molecule has 2 rings (SSSR count). The molecule has 0 aliphatic rings. The number of hydrogen-bond acceptors (Lipinski definition) is 5. The van der Waals surface area contributed by atoms with Crippen molar-refractivity contribution in [3.63, 3.8) is 0 Å². The average molecular weight is 397 g/mol. The van der Waals surface area contributed by atoms with E-state index >= 15 is 0 Å². The molecule has 0 spiro atoms. The van der Waals surface area contributed by atoms with Gasteiger partial charge in [-0.3, -0.25) is 0 Å². The van der Waals surface area contributed by atoms with Crippen LogP contribution >= 0.6 is 0 Å². The van der Waals surface area contributed by atoms with E-state index in [1.165, 1.54) is 11.9 Å². The van der Waals surface area contributed by atoms with Crippen molar-refractivity contribution in [2.75, 3.05) is 18.6 Å². The van der Waals surface area contributed by atoms with Gasteiger partial charge in [0, 0.05) is 25.0 Å². The highest BCUT2D eigenvalue weighted by Gasteiger charge is 2.37. The standard InChI is InChI=1S/C20H26F3N3O2/c1-5-6-7-11-27-16-10-8-9-15(12-16)26(4)18-17(20(21,22)23)13-24-19(25-18)28-14(2)3/h8-10,12-14H,5-7,11H2,1-4H3. The maximum Gasteiger partial charge on any atom is 0.421 e. The summed E-state index contributed by atoms with van der Waals surface area (Å²) in [5, 5.41) is 0. The number of benzene rings is 1. The van der Waals surface area contributed by atoms with Gasteiger partial charge in [0.15, 0.2) is 5.82 Å². The van der Waals surface area contributed by atoms with Crippen molar-refractivity contribution < 1.29 is 22.6 Å². The lowest BCUT2D eigenvalue weighted by atomic mass is 10.2. The summed E-state index contributed by atoms with van der Waals surface area (Å²) in [5.41, 5.74) is -0.409. The Hall–Kier alpha value is -2.51. The summed E-state index contributed by atoms with van der Waals surface area (Å²) >= 11 is 0. The normalized spacial score (nSPS) is 11.6. The largest absolute Gasteiger partial charge is 0.494 e. The first-order valence-electron chi connectivity index (χ1n) is 9.29. The van der Waals surface area contributed by atoms with Crippen LogP contribution in [0.25, 0.3) is 0 Å². The number of halogens is 3. The zero-order chi connectivity index (χ0) is 20.7. The van der Waals surface area contributed by atoms with Gasteiger partial charge in [0.25, 0.3) is 0 Å². The van der Waals surface area contributed by atoms with Gasteiger partial charge < -0.3 is 14.4 Å². The minimum atomic E-state index is -4.59. The average Bonchev–Trinajstić information content (AvgIpc) is 2.63. The topological polar surface area (TPSA) is 47.5 Å². The van der Waals surface area contributed by atoms with Crippen molar-refractivity contribution in [3.05, 3.63) is 36.0 Å². The predicted octanol–water partition coefficient (Wildman–Crippen LogP) is 5.62. The summed E-state index contributed by atoms with van der Waals surface area (Å²) in [5.74, 6) is 0.322. The number of anilines is 2. The first-order valence-corrected chi connectivity index (χ1v) is 9.29. The quantitative estimate of drug-likeness (QED) is 0.514. The Morgan fingerprint density at radius 3 is 2.57 bits per heavy atom. The Bertz CT molecular complexity index is 767. The number of alkyl halides is 3. The van der Waals surface area contributed by atoms with Crippen LogP contribution in [0.4, 0.5) is 24.7 Å². The summed E-state index contributed by atoms with van der Waals surface area (Å²) in [4.78, 5) is 9.05. The van der Waals surface area contributed by atoms with E-state index in [9.17, 15) is 13.2 Å². The zero-order valence-electron chi connectivity index (χ0n) is 16.6. The third kappa shape index (κ3) is 6.00. The number of hydrogen-bond donors (Lipinski definition) is 0. The fraction of sp³-hybridized carbons (Fsp3) is 0.500. The van der Waals surface area contributed by atoms with Crippen molar-refractivity contribution in [2.45, 2.75) is 52.3 Å². The molecule has 28 heavy (non-hydrogen) atoms. The van der Waals surface area contributed by atoms with Crippen LogP contribution in [0.5, 0.6) is 11.8 Å². The molecule has 1 aromatic heterocycles. The van der Waals surface area contributed by atoms with Crippen molar-refractivity contribution in [1.82, 2.24) is 9.97 Å². The highest BCUT2D eigenvalue weighted by molar-refractivity contribution is 5.64. The van der Waals surface area contributed by atoms with Crippen molar-refractivity contribution in [1.29, 1.82) is 0 Å². The second-order valence-electron chi connectivity index (χ2n) is 6.67. The number of aromatic nitrogens is 2. The Balaban J connectivity index is 2.32. The summed E-state index contributed by atoms with van der Waals surface area (Å²) < 4.78 is 51.5. The van der Waals surface area contributed by atoms with Crippen LogP contribution in [0.2, 0.25) is 0 Å². The van der Waals surface area contributed by atoms with Gasteiger partial charge in [-0.1, -0.05) is 25.8 Å². The van der Waals surface area contributed by atoms with E-state index in [0.717, 1.165) is 25.5 Å². The van der Waals surface area contributed by atoms with E-state index < -0.39 is 11.7 Å². The van der Waals surface area contributed by atoms with E-state index in [4.69, 9.17) is 9.47 Å². The third-order valence-electron chi connectivity index (χ3n) is 3.93.